The van der Waals surface area contributed by atoms with Crippen LogP contribution < -0.4 is 5.73 Å². The third kappa shape index (κ3) is 3.30. The minimum Gasteiger partial charge on any atom is -0.330 e. The molecule has 0 aliphatic rings. The molecule has 18 heavy (non-hydrogen) atoms. The zero-order chi connectivity index (χ0) is 13.0. The van der Waals surface area contributed by atoms with Gasteiger partial charge in [-0.25, -0.2) is 4.98 Å². The van der Waals surface area contributed by atoms with Gasteiger partial charge in [-0.05, 0) is 56.3 Å². The van der Waals surface area contributed by atoms with Crippen LogP contribution in [0.4, 0.5) is 0 Å². The molecule has 1 heterocycles. The number of aromatic nitrogens is 1. The Morgan fingerprint density at radius 1 is 1.33 bits per heavy atom. The van der Waals surface area contributed by atoms with E-state index in [0.717, 1.165) is 30.8 Å². The summed E-state index contributed by atoms with van der Waals surface area (Å²) in [6.45, 7) is 5.17. The summed E-state index contributed by atoms with van der Waals surface area (Å²) in [4.78, 5) is 4.73. The van der Waals surface area contributed by atoms with Gasteiger partial charge >= 0.3 is 0 Å². The van der Waals surface area contributed by atoms with E-state index in [2.05, 4.69) is 32.0 Å². The van der Waals surface area contributed by atoms with Crippen molar-refractivity contribution < 1.29 is 0 Å². The fourth-order valence-electron chi connectivity index (χ4n) is 2.31. The molecule has 0 radical (unpaired) electrons. The Morgan fingerprint density at radius 2 is 2.17 bits per heavy atom. The van der Waals surface area contributed by atoms with Gasteiger partial charge in [0.1, 0.15) is 0 Å². The molecule has 98 valence electrons. The molecular formula is C15H22N2S. The summed E-state index contributed by atoms with van der Waals surface area (Å²) in [5.41, 5.74) is 8.08. The van der Waals surface area contributed by atoms with Crippen molar-refractivity contribution in [2.75, 3.05) is 6.54 Å². The van der Waals surface area contributed by atoms with Gasteiger partial charge in [0.15, 0.2) is 0 Å². The van der Waals surface area contributed by atoms with Crippen LogP contribution in [0.15, 0.2) is 18.2 Å². The Hall–Kier alpha value is -0.930. The number of hydrogen-bond donors (Lipinski definition) is 1. The highest BCUT2D eigenvalue weighted by atomic mass is 32.1. The van der Waals surface area contributed by atoms with Gasteiger partial charge in [-0.3, -0.25) is 0 Å². The minimum absolute atomic E-state index is 0.753. The molecule has 2 rings (SSSR count). The molecular weight excluding hydrogens is 240 g/mol. The molecule has 0 saturated heterocycles. The number of thiazole rings is 1. The van der Waals surface area contributed by atoms with Gasteiger partial charge in [0.25, 0.3) is 0 Å². The van der Waals surface area contributed by atoms with E-state index in [-0.39, 0.29) is 0 Å². The van der Waals surface area contributed by atoms with Crippen molar-refractivity contribution in [3.05, 3.63) is 28.8 Å². The molecule has 0 aliphatic carbocycles. The van der Waals surface area contributed by atoms with Crippen LogP contribution in [0.25, 0.3) is 10.2 Å². The normalized spacial score (nSPS) is 13.1. The van der Waals surface area contributed by atoms with Gasteiger partial charge < -0.3 is 5.73 Å². The first kappa shape index (κ1) is 13.5. The molecule has 2 N–H and O–H groups in total. The van der Waals surface area contributed by atoms with Gasteiger partial charge in [0.2, 0.25) is 0 Å². The smallest absolute Gasteiger partial charge is 0.0938 e. The molecule has 1 unspecified atom stereocenters. The summed E-state index contributed by atoms with van der Waals surface area (Å²) >= 11 is 1.83. The number of aryl methyl sites for hydroxylation is 2. The second-order valence-electron chi connectivity index (χ2n) is 4.97. The molecule has 1 atom stereocenters. The lowest BCUT2D eigenvalue weighted by molar-refractivity contribution is 0.443. The van der Waals surface area contributed by atoms with Crippen molar-refractivity contribution >= 4 is 21.6 Å². The Morgan fingerprint density at radius 3 is 2.89 bits per heavy atom. The largest absolute Gasteiger partial charge is 0.330 e. The maximum atomic E-state index is 5.64. The average Bonchev–Trinajstić information content (AvgIpc) is 2.76. The van der Waals surface area contributed by atoms with E-state index in [1.165, 1.54) is 28.1 Å². The molecule has 3 heteroatoms. The predicted octanol–water partition coefficient (Wildman–Crippen LogP) is 3.91. The summed E-state index contributed by atoms with van der Waals surface area (Å²) < 4.78 is 1.31. The molecule has 0 bridgehead atoms. The highest BCUT2D eigenvalue weighted by Gasteiger charge is 2.08. The zero-order valence-corrected chi connectivity index (χ0v) is 12.1. The lowest BCUT2D eigenvalue weighted by Gasteiger charge is -2.11. The lowest BCUT2D eigenvalue weighted by atomic mass is 9.97. The topological polar surface area (TPSA) is 38.9 Å². The molecule has 0 saturated carbocycles. The van der Waals surface area contributed by atoms with Crippen LogP contribution in [-0.2, 0) is 6.42 Å². The standard InChI is InChI=1S/C15H22N2S/c1-3-12(8-9-16)5-7-15-17-13-10-11(2)4-6-14(13)18-15/h4,6,10,12H,3,5,7-9,16H2,1-2H3. The Bertz CT molecular complexity index is 504. The molecule has 0 amide bonds. The highest BCUT2D eigenvalue weighted by molar-refractivity contribution is 7.18. The molecule has 2 nitrogen and oxygen atoms in total. The lowest BCUT2D eigenvalue weighted by Crippen LogP contribution is -2.08. The number of nitrogens with zero attached hydrogens (tertiary/aromatic N) is 1. The van der Waals surface area contributed by atoms with Crippen molar-refractivity contribution in [2.45, 2.75) is 39.5 Å². The fraction of sp³-hybridized carbons (Fsp3) is 0.533. The van der Waals surface area contributed by atoms with Crippen molar-refractivity contribution in [2.24, 2.45) is 11.7 Å². The SMILES string of the molecule is CCC(CCN)CCc1nc2cc(C)ccc2s1. The number of rotatable bonds is 6. The summed E-state index contributed by atoms with van der Waals surface area (Å²) in [7, 11) is 0. The molecule has 2 aromatic rings. The predicted molar refractivity (Wildman–Crippen MR) is 80.1 cm³/mol. The van der Waals surface area contributed by atoms with E-state index in [1.807, 2.05) is 11.3 Å². The molecule has 0 aliphatic heterocycles. The monoisotopic (exact) mass is 262 g/mol. The van der Waals surface area contributed by atoms with Crippen LogP contribution >= 0.6 is 11.3 Å². The number of fused-ring (bicyclic) bond motifs is 1. The fourth-order valence-corrected chi connectivity index (χ4v) is 3.27. The minimum atomic E-state index is 0.753. The second kappa shape index (κ2) is 6.30. The van der Waals surface area contributed by atoms with Crippen molar-refractivity contribution in [1.29, 1.82) is 0 Å². The number of hydrogen-bond acceptors (Lipinski definition) is 3. The van der Waals surface area contributed by atoms with Crippen molar-refractivity contribution in [3.63, 3.8) is 0 Å². The van der Waals surface area contributed by atoms with Gasteiger partial charge in [-0.2, -0.15) is 0 Å². The summed E-state index contributed by atoms with van der Waals surface area (Å²) in [5.74, 6) is 0.753. The Balaban J connectivity index is 2.03. The van der Waals surface area contributed by atoms with Crippen LogP contribution in [0, 0.1) is 12.8 Å². The maximum absolute atomic E-state index is 5.64. The third-order valence-electron chi connectivity index (χ3n) is 3.51. The molecule has 1 aromatic carbocycles. The summed E-state index contributed by atoms with van der Waals surface area (Å²) in [6, 6.07) is 6.52. The van der Waals surface area contributed by atoms with Crippen LogP contribution in [0.3, 0.4) is 0 Å². The highest BCUT2D eigenvalue weighted by Crippen LogP contribution is 2.25. The molecule has 1 aromatic heterocycles. The van der Waals surface area contributed by atoms with E-state index in [4.69, 9.17) is 10.7 Å². The molecule has 0 spiro atoms. The number of nitrogens with two attached hydrogens (primary N) is 1. The second-order valence-corrected chi connectivity index (χ2v) is 6.08. The van der Waals surface area contributed by atoms with E-state index in [9.17, 15) is 0 Å². The summed E-state index contributed by atoms with van der Waals surface area (Å²) in [5, 5.41) is 1.27. The van der Waals surface area contributed by atoms with E-state index in [0.29, 0.717) is 0 Å². The van der Waals surface area contributed by atoms with E-state index >= 15 is 0 Å². The zero-order valence-electron chi connectivity index (χ0n) is 11.3. The Labute approximate surface area is 113 Å². The van der Waals surface area contributed by atoms with Crippen LogP contribution in [-0.4, -0.2) is 11.5 Å². The van der Waals surface area contributed by atoms with Crippen LogP contribution in [0.2, 0.25) is 0 Å². The number of benzene rings is 1. The first-order valence-corrected chi connectivity index (χ1v) is 7.60. The quantitative estimate of drug-likeness (QED) is 0.857. The van der Waals surface area contributed by atoms with Crippen molar-refractivity contribution in [1.82, 2.24) is 4.98 Å². The van der Waals surface area contributed by atoms with Gasteiger partial charge in [-0.15, -0.1) is 11.3 Å². The van der Waals surface area contributed by atoms with E-state index in [1.54, 1.807) is 0 Å². The van der Waals surface area contributed by atoms with Gasteiger partial charge in [0, 0.05) is 0 Å². The van der Waals surface area contributed by atoms with Gasteiger partial charge in [-0.1, -0.05) is 19.4 Å². The van der Waals surface area contributed by atoms with Crippen molar-refractivity contribution in [3.8, 4) is 0 Å². The van der Waals surface area contributed by atoms with Gasteiger partial charge in [0.05, 0.1) is 15.2 Å². The van der Waals surface area contributed by atoms with E-state index < -0.39 is 0 Å². The van der Waals surface area contributed by atoms with Crippen LogP contribution in [0.1, 0.15) is 36.8 Å². The molecule has 0 fully saturated rings. The Kier molecular flexibility index (Phi) is 4.72. The summed E-state index contributed by atoms with van der Waals surface area (Å²) in [6.07, 6.45) is 4.67. The average molecular weight is 262 g/mol. The maximum Gasteiger partial charge on any atom is 0.0938 e. The van der Waals surface area contributed by atoms with Crippen LogP contribution in [0.5, 0.6) is 0 Å². The first-order chi connectivity index (χ1) is 8.72. The first-order valence-electron chi connectivity index (χ1n) is 6.79. The third-order valence-corrected chi connectivity index (χ3v) is 4.60.